The number of carbonyl (C=O) groups excluding carboxylic acids is 1. The summed E-state index contributed by atoms with van der Waals surface area (Å²) in [7, 11) is 0. The normalized spacial score (nSPS) is 16.7. The summed E-state index contributed by atoms with van der Waals surface area (Å²) in [5.74, 6) is 0.175. The fraction of sp³-hybridized carbons (Fsp3) is 0.594. The lowest BCUT2D eigenvalue weighted by Gasteiger charge is -2.36. The van der Waals surface area contributed by atoms with E-state index in [1.54, 1.807) is 0 Å². The molecule has 1 saturated heterocycles. The van der Waals surface area contributed by atoms with Crippen molar-refractivity contribution >= 4 is 27.6 Å². The van der Waals surface area contributed by atoms with Crippen molar-refractivity contribution in [2.24, 2.45) is 5.41 Å². The first-order valence-corrected chi connectivity index (χ1v) is 14.4. The second-order valence-corrected chi connectivity index (χ2v) is 11.2. The second kappa shape index (κ2) is 12.9. The summed E-state index contributed by atoms with van der Waals surface area (Å²) in [5, 5.41) is 5.82. The number of fused-ring (bicyclic) bond motifs is 3. The van der Waals surface area contributed by atoms with Gasteiger partial charge >= 0.3 is 0 Å². The highest BCUT2D eigenvalue weighted by molar-refractivity contribution is 6.17. The molecule has 4 heteroatoms. The third-order valence-electron chi connectivity index (χ3n) is 8.09. The number of aryl methyl sites for hydroxylation is 1. The fourth-order valence-electron chi connectivity index (χ4n) is 5.80. The summed E-state index contributed by atoms with van der Waals surface area (Å²) < 4.78 is 8.45. The minimum Gasteiger partial charge on any atom is -0.375 e. The second-order valence-electron chi connectivity index (χ2n) is 11.2. The third-order valence-corrected chi connectivity index (χ3v) is 8.09. The highest BCUT2D eigenvalue weighted by atomic mass is 16.5. The van der Waals surface area contributed by atoms with E-state index in [1.165, 1.54) is 74.1 Å². The van der Waals surface area contributed by atoms with Crippen molar-refractivity contribution in [1.29, 1.82) is 0 Å². The quantitative estimate of drug-likeness (QED) is 0.184. The molecular formula is C32H46N2O2. The van der Waals surface area contributed by atoms with Gasteiger partial charge in [-0.3, -0.25) is 4.79 Å². The number of Topliss-reactive ketones (excluding diaryl/α,β-unsaturated/α-hetero) is 1. The zero-order chi connectivity index (χ0) is 25.4. The number of nitrogens with zero attached hydrogens (tertiary/aromatic N) is 1. The standard InChI is InChI=1S/C32H46N2O2/c1-4-5-6-7-8-9-10-11-12-15-22-34-28-20-14-13-17-25(28)26-18-16-19-27(30(26)34)31(35)32(2,3)29-24-33-21-23-36-29/h13-14,16-20,29,33H,4-12,15,21-24H2,1-3H3. The maximum Gasteiger partial charge on any atom is 0.173 e. The Hall–Kier alpha value is -2.17. The Morgan fingerprint density at radius 1 is 0.917 bits per heavy atom. The van der Waals surface area contributed by atoms with Crippen molar-refractivity contribution in [2.45, 2.75) is 97.6 Å². The fourth-order valence-corrected chi connectivity index (χ4v) is 5.80. The van der Waals surface area contributed by atoms with Gasteiger partial charge in [-0.15, -0.1) is 0 Å². The molecule has 0 spiro atoms. The van der Waals surface area contributed by atoms with Crippen LogP contribution in [-0.2, 0) is 11.3 Å². The molecule has 1 unspecified atom stereocenters. The van der Waals surface area contributed by atoms with Gasteiger partial charge in [0.25, 0.3) is 0 Å². The van der Waals surface area contributed by atoms with Gasteiger partial charge in [-0.25, -0.2) is 0 Å². The van der Waals surface area contributed by atoms with E-state index in [0.717, 1.165) is 37.1 Å². The number of ketones is 1. The SMILES string of the molecule is CCCCCCCCCCCCn1c2ccccc2c2cccc(C(=O)C(C)(C)C3CNCCO3)c21. The van der Waals surface area contributed by atoms with Gasteiger partial charge in [-0.2, -0.15) is 0 Å². The van der Waals surface area contributed by atoms with E-state index >= 15 is 0 Å². The molecule has 36 heavy (non-hydrogen) atoms. The molecular weight excluding hydrogens is 444 g/mol. The number of carbonyl (C=O) groups is 1. The van der Waals surface area contributed by atoms with E-state index in [1.807, 2.05) is 26.0 Å². The molecule has 0 amide bonds. The number of benzene rings is 2. The molecule has 1 aromatic heterocycles. The molecule has 1 aliphatic heterocycles. The first-order valence-electron chi connectivity index (χ1n) is 14.4. The van der Waals surface area contributed by atoms with E-state index < -0.39 is 5.41 Å². The highest BCUT2D eigenvalue weighted by Gasteiger charge is 2.40. The zero-order valence-corrected chi connectivity index (χ0v) is 22.8. The number of hydrogen-bond acceptors (Lipinski definition) is 3. The van der Waals surface area contributed by atoms with Crippen molar-refractivity contribution in [3.63, 3.8) is 0 Å². The molecule has 3 aromatic rings. The highest BCUT2D eigenvalue weighted by Crippen LogP contribution is 2.36. The van der Waals surface area contributed by atoms with E-state index in [-0.39, 0.29) is 11.9 Å². The number of rotatable bonds is 14. The van der Waals surface area contributed by atoms with Crippen LogP contribution in [0, 0.1) is 5.41 Å². The van der Waals surface area contributed by atoms with Gasteiger partial charge in [0.2, 0.25) is 0 Å². The zero-order valence-electron chi connectivity index (χ0n) is 22.8. The average molecular weight is 491 g/mol. The van der Waals surface area contributed by atoms with Crippen molar-refractivity contribution in [3.05, 3.63) is 48.0 Å². The van der Waals surface area contributed by atoms with Crippen LogP contribution < -0.4 is 5.32 Å². The van der Waals surface area contributed by atoms with Crippen LogP contribution in [0.1, 0.15) is 95.3 Å². The van der Waals surface area contributed by atoms with Gasteiger partial charge < -0.3 is 14.6 Å². The van der Waals surface area contributed by atoms with Crippen LogP contribution in [0.5, 0.6) is 0 Å². The van der Waals surface area contributed by atoms with Gasteiger partial charge in [0.05, 0.1) is 23.6 Å². The molecule has 4 nitrogen and oxygen atoms in total. The van der Waals surface area contributed by atoms with Gasteiger partial charge in [0.15, 0.2) is 5.78 Å². The largest absolute Gasteiger partial charge is 0.375 e. The molecule has 1 aliphatic rings. The smallest absolute Gasteiger partial charge is 0.173 e. The monoisotopic (exact) mass is 490 g/mol. The summed E-state index contributed by atoms with van der Waals surface area (Å²) in [4.78, 5) is 14.0. The van der Waals surface area contributed by atoms with E-state index in [4.69, 9.17) is 4.74 Å². The van der Waals surface area contributed by atoms with Gasteiger partial charge in [0.1, 0.15) is 0 Å². The van der Waals surface area contributed by atoms with Crippen LogP contribution in [0.3, 0.4) is 0 Å². The maximum atomic E-state index is 14.0. The van der Waals surface area contributed by atoms with Crippen molar-refractivity contribution in [1.82, 2.24) is 9.88 Å². The lowest BCUT2D eigenvalue weighted by molar-refractivity contribution is -0.0323. The van der Waals surface area contributed by atoms with Crippen LogP contribution in [0.15, 0.2) is 42.5 Å². The Morgan fingerprint density at radius 2 is 1.58 bits per heavy atom. The minimum atomic E-state index is -0.597. The minimum absolute atomic E-state index is 0.117. The number of hydrogen-bond donors (Lipinski definition) is 1. The number of morpholine rings is 1. The van der Waals surface area contributed by atoms with Gasteiger partial charge in [0, 0.05) is 41.5 Å². The predicted octanol–water partition coefficient (Wildman–Crippen LogP) is 7.91. The van der Waals surface area contributed by atoms with Crippen LogP contribution in [0.25, 0.3) is 21.8 Å². The molecule has 1 N–H and O–H groups in total. The molecule has 196 valence electrons. The molecule has 2 heterocycles. The van der Waals surface area contributed by atoms with Crippen LogP contribution in [0.2, 0.25) is 0 Å². The number of ether oxygens (including phenoxy) is 1. The van der Waals surface area contributed by atoms with Crippen LogP contribution in [0.4, 0.5) is 0 Å². The lowest BCUT2D eigenvalue weighted by Crippen LogP contribution is -2.49. The summed E-state index contributed by atoms with van der Waals surface area (Å²) in [6.07, 6.45) is 13.1. The molecule has 0 radical (unpaired) electrons. The van der Waals surface area contributed by atoms with Crippen molar-refractivity contribution in [3.8, 4) is 0 Å². The van der Waals surface area contributed by atoms with Gasteiger partial charge in [-0.05, 0) is 32.4 Å². The number of aromatic nitrogens is 1. The summed E-state index contributed by atoms with van der Waals surface area (Å²) in [6, 6.07) is 14.9. The summed E-state index contributed by atoms with van der Waals surface area (Å²) >= 11 is 0. The van der Waals surface area contributed by atoms with Gasteiger partial charge in [-0.1, -0.05) is 95.0 Å². The van der Waals surface area contributed by atoms with Crippen LogP contribution in [-0.4, -0.2) is 36.2 Å². The first kappa shape index (κ1) is 26.9. The molecule has 0 bridgehead atoms. The molecule has 4 rings (SSSR count). The summed E-state index contributed by atoms with van der Waals surface area (Å²) in [5.41, 5.74) is 2.56. The Balaban J connectivity index is 1.50. The summed E-state index contributed by atoms with van der Waals surface area (Å²) in [6.45, 7) is 9.54. The Labute approximate surface area is 217 Å². The topological polar surface area (TPSA) is 43.3 Å². The van der Waals surface area contributed by atoms with Crippen LogP contribution >= 0.6 is 0 Å². The Bertz CT molecular complexity index is 1120. The van der Waals surface area contributed by atoms with E-state index in [9.17, 15) is 4.79 Å². The Morgan fingerprint density at radius 3 is 2.28 bits per heavy atom. The number of nitrogens with one attached hydrogen (secondary N) is 1. The lowest BCUT2D eigenvalue weighted by atomic mass is 9.78. The molecule has 1 atom stereocenters. The van der Waals surface area contributed by atoms with E-state index in [0.29, 0.717) is 6.61 Å². The van der Waals surface area contributed by atoms with Crippen molar-refractivity contribution < 1.29 is 9.53 Å². The average Bonchev–Trinajstić information content (AvgIpc) is 3.23. The van der Waals surface area contributed by atoms with E-state index in [2.05, 4.69) is 47.1 Å². The molecule has 0 saturated carbocycles. The first-order chi connectivity index (χ1) is 17.6. The Kier molecular flexibility index (Phi) is 9.61. The molecule has 1 fully saturated rings. The number of unbranched alkanes of at least 4 members (excludes halogenated alkanes) is 9. The van der Waals surface area contributed by atoms with Crippen molar-refractivity contribution in [2.75, 3.05) is 19.7 Å². The maximum absolute atomic E-state index is 14.0. The third kappa shape index (κ3) is 6.03. The number of para-hydroxylation sites is 2. The predicted molar refractivity (Wildman–Crippen MR) is 152 cm³/mol. The molecule has 0 aliphatic carbocycles. The molecule has 2 aromatic carbocycles.